The van der Waals surface area contributed by atoms with Crippen molar-refractivity contribution in [3.8, 4) is 11.8 Å². The van der Waals surface area contributed by atoms with Crippen LogP contribution in [-0.4, -0.2) is 50.0 Å². The third-order valence-electron chi connectivity index (χ3n) is 8.28. The lowest BCUT2D eigenvalue weighted by atomic mass is 9.77. The first kappa shape index (κ1) is 30.6. The second-order valence-corrected chi connectivity index (χ2v) is 17.7. The van der Waals surface area contributed by atoms with Gasteiger partial charge in [0.25, 0.3) is 0 Å². The summed E-state index contributed by atoms with van der Waals surface area (Å²) in [6.07, 6.45) is 4.56. The van der Waals surface area contributed by atoms with Crippen molar-refractivity contribution in [1.82, 2.24) is 0 Å². The molecule has 0 aliphatic carbocycles. The van der Waals surface area contributed by atoms with Crippen LogP contribution in [0.15, 0.2) is 12.2 Å². The maximum Gasteiger partial charge on any atom is 0.205 e. The van der Waals surface area contributed by atoms with Gasteiger partial charge < -0.3 is 13.9 Å². The van der Waals surface area contributed by atoms with Gasteiger partial charge in [0.15, 0.2) is 8.32 Å². The van der Waals surface area contributed by atoms with Crippen molar-refractivity contribution in [1.29, 1.82) is 0 Å². The zero-order chi connectivity index (χ0) is 26.6. The Bertz CT molecular complexity index is 791. The highest BCUT2D eigenvalue weighted by atomic mass is 35.5. The Morgan fingerprint density at radius 2 is 1.86 bits per heavy atom. The quantitative estimate of drug-likeness (QED) is 0.104. The van der Waals surface area contributed by atoms with Gasteiger partial charge >= 0.3 is 0 Å². The molecule has 0 radical (unpaired) electrons. The van der Waals surface area contributed by atoms with Gasteiger partial charge in [0.05, 0.1) is 24.4 Å². The number of ether oxygens (including phenoxy) is 2. The van der Waals surface area contributed by atoms with Crippen molar-refractivity contribution < 1.29 is 18.7 Å². The van der Waals surface area contributed by atoms with Gasteiger partial charge in [0.2, 0.25) is 5.78 Å². The first-order valence-electron chi connectivity index (χ1n) is 13.5. The maximum atomic E-state index is 12.7. The summed E-state index contributed by atoms with van der Waals surface area (Å²) in [6.45, 7) is 23.7. The summed E-state index contributed by atoms with van der Waals surface area (Å²) in [5, 5.41) is -0.0603. The molecule has 2 aliphatic heterocycles. The molecule has 2 heterocycles. The van der Waals surface area contributed by atoms with E-state index in [2.05, 4.69) is 73.1 Å². The predicted molar refractivity (Wildman–Crippen MR) is 148 cm³/mol. The topological polar surface area (TPSA) is 44.8 Å². The normalized spacial score (nSPS) is 31.0. The minimum atomic E-state index is -2.15. The SMILES string of the molecule is C=C(C)C[C@H](Cl)CCC(=O)C#C[C@H](O[Si](C)(C)C(C)(C)C)[C@@H]1O[C@H]2CC[C@H](CC)O[C@@H]2[C@H](C)[C@@H]1C. The summed E-state index contributed by atoms with van der Waals surface area (Å²) >= 11 is 6.35. The van der Waals surface area contributed by atoms with E-state index in [0.717, 1.165) is 24.8 Å². The summed E-state index contributed by atoms with van der Waals surface area (Å²) in [5.74, 6) is 6.57. The Morgan fingerprint density at radius 1 is 1.20 bits per heavy atom. The lowest BCUT2D eigenvalue weighted by Crippen LogP contribution is -2.58. The Labute approximate surface area is 221 Å². The molecule has 2 saturated heterocycles. The van der Waals surface area contributed by atoms with Crippen LogP contribution in [0, 0.1) is 23.7 Å². The number of hydrogen-bond donors (Lipinski definition) is 0. The van der Waals surface area contributed by atoms with E-state index in [-0.39, 0.29) is 40.4 Å². The van der Waals surface area contributed by atoms with Crippen LogP contribution >= 0.6 is 11.6 Å². The Balaban J connectivity index is 2.23. The van der Waals surface area contributed by atoms with Crippen LogP contribution in [0.2, 0.25) is 18.1 Å². The maximum absolute atomic E-state index is 12.7. The van der Waals surface area contributed by atoms with E-state index in [9.17, 15) is 4.79 Å². The number of fused-ring (bicyclic) bond motifs is 1. The molecule has 200 valence electrons. The fourth-order valence-corrected chi connectivity index (χ4v) is 6.28. The molecule has 0 spiro atoms. The second kappa shape index (κ2) is 12.7. The van der Waals surface area contributed by atoms with Crippen molar-refractivity contribution in [2.75, 3.05) is 0 Å². The van der Waals surface area contributed by atoms with E-state index < -0.39 is 14.4 Å². The van der Waals surface area contributed by atoms with Gasteiger partial charge in [-0.15, -0.1) is 18.2 Å². The van der Waals surface area contributed by atoms with E-state index in [4.69, 9.17) is 25.5 Å². The van der Waals surface area contributed by atoms with Gasteiger partial charge in [-0.1, -0.05) is 53.0 Å². The zero-order valence-electron chi connectivity index (χ0n) is 23.6. The molecule has 0 amide bonds. The molecule has 0 aromatic rings. The third-order valence-corrected chi connectivity index (χ3v) is 13.1. The summed E-state index contributed by atoms with van der Waals surface area (Å²) in [5.41, 5.74) is 1.03. The van der Waals surface area contributed by atoms with E-state index in [1.54, 1.807) is 0 Å². The zero-order valence-corrected chi connectivity index (χ0v) is 25.3. The van der Waals surface area contributed by atoms with Crippen LogP contribution in [-0.2, 0) is 18.7 Å². The Kier molecular flexibility index (Phi) is 11.1. The molecule has 0 bridgehead atoms. The average Bonchev–Trinajstić information content (AvgIpc) is 2.76. The number of Topliss-reactive ketones (excluding diaryl/α,β-unsaturated/α-hetero) is 1. The number of allylic oxidation sites excluding steroid dienone is 1. The molecule has 2 fully saturated rings. The molecule has 2 aliphatic rings. The monoisotopic (exact) mass is 524 g/mol. The molecule has 0 aromatic carbocycles. The number of alkyl halides is 1. The summed E-state index contributed by atoms with van der Waals surface area (Å²) in [6, 6.07) is 0. The van der Waals surface area contributed by atoms with Crippen molar-refractivity contribution >= 4 is 25.7 Å². The van der Waals surface area contributed by atoms with Crippen LogP contribution in [0.1, 0.15) is 87.0 Å². The van der Waals surface area contributed by atoms with Crippen LogP contribution < -0.4 is 0 Å². The minimum absolute atomic E-state index is 0.0275. The summed E-state index contributed by atoms with van der Waals surface area (Å²) in [4.78, 5) is 12.7. The Hall–Kier alpha value is -0.643. The van der Waals surface area contributed by atoms with Gasteiger partial charge in [-0.25, -0.2) is 0 Å². The summed E-state index contributed by atoms with van der Waals surface area (Å²) < 4.78 is 19.9. The molecule has 6 heteroatoms. The average molecular weight is 525 g/mol. The van der Waals surface area contributed by atoms with Gasteiger partial charge in [-0.3, -0.25) is 4.79 Å². The van der Waals surface area contributed by atoms with E-state index in [1.165, 1.54) is 0 Å². The van der Waals surface area contributed by atoms with E-state index >= 15 is 0 Å². The Morgan fingerprint density at radius 3 is 2.43 bits per heavy atom. The molecule has 0 unspecified atom stereocenters. The molecule has 0 N–H and O–H groups in total. The molecule has 8 atom stereocenters. The fourth-order valence-electron chi connectivity index (χ4n) is 4.73. The molecule has 35 heavy (non-hydrogen) atoms. The van der Waals surface area contributed by atoms with Gasteiger partial charge in [0.1, 0.15) is 6.10 Å². The minimum Gasteiger partial charge on any atom is -0.401 e. The number of carbonyl (C=O) groups is 1. The molecule has 0 saturated carbocycles. The number of rotatable bonds is 9. The molecule has 0 aromatic heterocycles. The highest BCUT2D eigenvalue weighted by molar-refractivity contribution is 6.74. The number of hydrogen-bond acceptors (Lipinski definition) is 4. The van der Waals surface area contributed by atoms with Gasteiger partial charge in [0, 0.05) is 11.8 Å². The van der Waals surface area contributed by atoms with Crippen molar-refractivity contribution in [2.45, 2.75) is 141 Å². The van der Waals surface area contributed by atoms with Gasteiger partial charge in [-0.2, -0.15) is 0 Å². The standard InChI is InChI=1S/C29H49ClO4Si/c1-11-24-15-17-25-27(32-24)20(4)21(5)28(33-25)26(34-35(9,10)29(6,7)8)16-14-23(31)13-12-22(30)18-19(2)3/h20-22,24-28H,2,11-13,15,17-18H2,1,3-10H3/t20-,21+,22-,24+,25+,26+,27-,28-/m1/s1. The number of ketones is 1. The van der Waals surface area contributed by atoms with Crippen molar-refractivity contribution in [2.24, 2.45) is 11.8 Å². The third kappa shape index (κ3) is 8.43. The lowest BCUT2D eigenvalue weighted by Gasteiger charge is -2.50. The van der Waals surface area contributed by atoms with Crippen molar-refractivity contribution in [3.63, 3.8) is 0 Å². The van der Waals surface area contributed by atoms with Crippen LogP contribution in [0.4, 0.5) is 0 Å². The predicted octanol–water partition coefficient (Wildman–Crippen LogP) is 7.30. The molecule has 2 rings (SSSR count). The number of halogens is 1. The highest BCUT2D eigenvalue weighted by Crippen LogP contribution is 2.43. The van der Waals surface area contributed by atoms with Crippen LogP contribution in [0.3, 0.4) is 0 Å². The van der Waals surface area contributed by atoms with Crippen LogP contribution in [0.5, 0.6) is 0 Å². The van der Waals surface area contributed by atoms with Crippen molar-refractivity contribution in [3.05, 3.63) is 12.2 Å². The highest BCUT2D eigenvalue weighted by Gasteiger charge is 2.49. The second-order valence-electron chi connectivity index (χ2n) is 12.4. The fraction of sp³-hybridized carbons (Fsp3) is 0.828. The largest absolute Gasteiger partial charge is 0.401 e. The smallest absolute Gasteiger partial charge is 0.205 e. The summed E-state index contributed by atoms with van der Waals surface area (Å²) in [7, 11) is -2.15. The molecular weight excluding hydrogens is 476 g/mol. The lowest BCUT2D eigenvalue weighted by molar-refractivity contribution is -0.236. The first-order valence-corrected chi connectivity index (χ1v) is 16.8. The number of carbonyl (C=O) groups excluding carboxylic acids is 1. The van der Waals surface area contributed by atoms with E-state index in [0.29, 0.717) is 31.3 Å². The molecule has 4 nitrogen and oxygen atoms in total. The van der Waals surface area contributed by atoms with Crippen LogP contribution in [0.25, 0.3) is 0 Å². The molecular formula is C29H49ClO4Si. The first-order chi connectivity index (χ1) is 16.2. The van der Waals surface area contributed by atoms with Gasteiger partial charge in [-0.05, 0) is 74.9 Å². The van der Waals surface area contributed by atoms with E-state index in [1.807, 2.05) is 6.92 Å².